The van der Waals surface area contributed by atoms with E-state index in [2.05, 4.69) is 0 Å². The van der Waals surface area contributed by atoms with Gasteiger partial charge in [-0.15, -0.1) is 0 Å². The second kappa shape index (κ2) is 8.08. The van der Waals surface area contributed by atoms with Gasteiger partial charge >= 0.3 is 0 Å². The maximum Gasteiger partial charge on any atom is 0.265 e. The first-order valence-corrected chi connectivity index (χ1v) is 10.8. The normalized spacial score (nSPS) is 15.0. The molecule has 2 aromatic carbocycles. The molecule has 2 aromatic rings. The lowest BCUT2D eigenvalue weighted by Gasteiger charge is -2.37. The predicted molar refractivity (Wildman–Crippen MR) is 110 cm³/mol. The maximum atomic E-state index is 13.5. The van der Waals surface area contributed by atoms with Gasteiger partial charge in [0.1, 0.15) is 12.2 Å². The third kappa shape index (κ3) is 3.63. The van der Waals surface area contributed by atoms with Crippen molar-refractivity contribution in [2.45, 2.75) is 18.7 Å². The molecule has 1 aliphatic heterocycles. The number of fused-ring (bicyclic) bond motifs is 1. The maximum absolute atomic E-state index is 13.5. The molecule has 8 heteroatoms. The van der Waals surface area contributed by atoms with Gasteiger partial charge in [-0.25, -0.2) is 8.42 Å². The number of rotatable bonds is 7. The van der Waals surface area contributed by atoms with Crippen LogP contribution in [0, 0.1) is 0 Å². The van der Waals surface area contributed by atoms with Crippen LogP contribution < -0.4 is 5.73 Å². The summed E-state index contributed by atoms with van der Waals surface area (Å²) in [5.74, 6) is -1.32. The van der Waals surface area contributed by atoms with Crippen molar-refractivity contribution < 1.29 is 18.0 Å². The van der Waals surface area contributed by atoms with Crippen molar-refractivity contribution in [1.82, 2.24) is 9.21 Å². The van der Waals surface area contributed by atoms with Crippen LogP contribution in [0.4, 0.5) is 0 Å². The van der Waals surface area contributed by atoms with Crippen LogP contribution in [0.15, 0.2) is 65.2 Å². The van der Waals surface area contributed by atoms with Gasteiger partial charge in [-0.1, -0.05) is 48.5 Å². The summed E-state index contributed by atoms with van der Waals surface area (Å²) < 4.78 is 27.5. The van der Waals surface area contributed by atoms with Gasteiger partial charge in [-0.2, -0.15) is 0 Å². The number of nitrogens with two attached hydrogens (primary N) is 1. The Hall–Kier alpha value is -3.13. The van der Waals surface area contributed by atoms with Gasteiger partial charge < -0.3 is 10.6 Å². The highest BCUT2D eigenvalue weighted by molar-refractivity contribution is 7.89. The number of benzene rings is 2. The van der Waals surface area contributed by atoms with Crippen LogP contribution in [0.25, 0.3) is 5.70 Å². The van der Waals surface area contributed by atoms with Crippen molar-refractivity contribution in [2.75, 3.05) is 19.6 Å². The minimum absolute atomic E-state index is 0.0489. The van der Waals surface area contributed by atoms with Crippen LogP contribution >= 0.6 is 0 Å². The Labute approximate surface area is 170 Å². The average Bonchev–Trinajstić information content (AvgIpc) is 2.72. The molecular formula is C21H23N3O4S. The molecule has 0 fully saturated rings. The van der Waals surface area contributed by atoms with E-state index in [1.54, 1.807) is 48.5 Å². The van der Waals surface area contributed by atoms with E-state index in [4.69, 9.17) is 5.73 Å². The lowest BCUT2D eigenvalue weighted by Crippen LogP contribution is -2.45. The van der Waals surface area contributed by atoms with Crippen molar-refractivity contribution in [1.29, 1.82) is 0 Å². The lowest BCUT2D eigenvalue weighted by atomic mass is 10.0. The summed E-state index contributed by atoms with van der Waals surface area (Å²) in [6.07, 6.45) is 0. The van der Waals surface area contributed by atoms with Gasteiger partial charge in [-0.3, -0.25) is 13.9 Å². The molecule has 1 heterocycles. The van der Waals surface area contributed by atoms with Crippen LogP contribution in [0.1, 0.15) is 29.8 Å². The summed E-state index contributed by atoms with van der Waals surface area (Å²) in [5, 5.41) is 0. The molecule has 0 aromatic heterocycles. The fourth-order valence-corrected chi connectivity index (χ4v) is 5.12. The first-order valence-electron chi connectivity index (χ1n) is 9.32. The number of Topliss-reactive ketones (excluding diaryl/α,β-unsaturated/α-hetero) is 1. The Balaban J connectivity index is 2.40. The molecular weight excluding hydrogens is 390 g/mol. The van der Waals surface area contributed by atoms with E-state index in [0.29, 0.717) is 29.9 Å². The van der Waals surface area contributed by atoms with Gasteiger partial charge in [0.25, 0.3) is 10.0 Å². The lowest BCUT2D eigenvalue weighted by molar-refractivity contribution is -0.117. The third-order valence-electron chi connectivity index (χ3n) is 4.81. The quantitative estimate of drug-likeness (QED) is 0.701. The van der Waals surface area contributed by atoms with E-state index in [1.807, 2.05) is 18.7 Å². The number of primary amides is 1. The zero-order chi connectivity index (χ0) is 21.2. The second-order valence-electron chi connectivity index (χ2n) is 6.54. The van der Waals surface area contributed by atoms with Crippen LogP contribution in [0.5, 0.6) is 0 Å². The standard InChI is InChI=1S/C21H23N3O4S/c1-3-23(4-2)19-16-12-8-9-13-17(16)29(27,28)24(14-18(22)25)20(19)21(26)15-10-6-5-7-11-15/h5-13H,3-4,14H2,1-2H3,(H2,22,25). The molecule has 3 rings (SSSR count). The Morgan fingerprint density at radius 2 is 1.55 bits per heavy atom. The van der Waals surface area contributed by atoms with Gasteiger partial charge in [0, 0.05) is 24.2 Å². The van der Waals surface area contributed by atoms with Crippen molar-refractivity contribution in [2.24, 2.45) is 5.73 Å². The van der Waals surface area contributed by atoms with Gasteiger partial charge in [-0.05, 0) is 19.9 Å². The molecule has 0 spiro atoms. The number of allylic oxidation sites excluding steroid dienone is 1. The number of ketones is 1. The molecule has 0 atom stereocenters. The summed E-state index contributed by atoms with van der Waals surface area (Å²) in [4.78, 5) is 27.2. The van der Waals surface area contributed by atoms with Crippen molar-refractivity contribution in [3.63, 3.8) is 0 Å². The SMILES string of the molecule is CCN(CC)C1=C(C(=O)c2ccccc2)N(CC(N)=O)S(=O)(=O)c2ccccc21. The molecule has 0 saturated carbocycles. The van der Waals surface area contributed by atoms with E-state index < -0.39 is 28.3 Å². The first kappa shape index (κ1) is 20.6. The third-order valence-corrected chi connectivity index (χ3v) is 6.62. The van der Waals surface area contributed by atoms with Crippen molar-refractivity contribution in [3.05, 3.63) is 71.4 Å². The van der Waals surface area contributed by atoms with Crippen LogP contribution in [-0.4, -0.2) is 48.9 Å². The second-order valence-corrected chi connectivity index (χ2v) is 8.37. The fraction of sp³-hybridized carbons (Fsp3) is 0.238. The topological polar surface area (TPSA) is 101 Å². The molecule has 0 aliphatic carbocycles. The minimum atomic E-state index is -4.14. The highest BCUT2D eigenvalue weighted by Gasteiger charge is 2.41. The van der Waals surface area contributed by atoms with Crippen LogP contribution in [-0.2, 0) is 14.8 Å². The van der Waals surface area contributed by atoms with Crippen LogP contribution in [0.3, 0.4) is 0 Å². The summed E-state index contributed by atoms with van der Waals surface area (Å²) >= 11 is 0. The zero-order valence-corrected chi connectivity index (χ0v) is 17.1. The predicted octanol–water partition coefficient (Wildman–Crippen LogP) is 2.07. The number of hydrogen-bond donors (Lipinski definition) is 1. The van der Waals surface area contributed by atoms with Crippen molar-refractivity contribution in [3.8, 4) is 0 Å². The summed E-state index contributed by atoms with van der Waals surface area (Å²) in [7, 11) is -4.14. The Morgan fingerprint density at radius 1 is 0.966 bits per heavy atom. The molecule has 1 amide bonds. The van der Waals surface area contributed by atoms with Crippen LogP contribution in [0.2, 0.25) is 0 Å². The van der Waals surface area contributed by atoms with E-state index in [1.165, 1.54) is 6.07 Å². The van der Waals surface area contributed by atoms with E-state index in [-0.39, 0.29) is 10.6 Å². The average molecular weight is 413 g/mol. The summed E-state index contributed by atoms with van der Waals surface area (Å²) in [5.41, 5.74) is 6.55. The van der Waals surface area contributed by atoms with Gasteiger partial charge in [0.05, 0.1) is 10.6 Å². The molecule has 7 nitrogen and oxygen atoms in total. The smallest absolute Gasteiger partial charge is 0.265 e. The number of carbonyl (C=O) groups is 2. The van der Waals surface area contributed by atoms with E-state index in [0.717, 1.165) is 4.31 Å². The molecule has 0 bridgehead atoms. The monoisotopic (exact) mass is 413 g/mol. The Morgan fingerprint density at radius 3 is 2.14 bits per heavy atom. The number of carbonyl (C=O) groups excluding carboxylic acids is 2. The van der Waals surface area contributed by atoms with Gasteiger partial charge in [0.2, 0.25) is 11.7 Å². The number of amides is 1. The van der Waals surface area contributed by atoms with E-state index >= 15 is 0 Å². The Kier molecular flexibility index (Phi) is 5.74. The number of nitrogens with zero attached hydrogens (tertiary/aromatic N) is 2. The molecule has 0 radical (unpaired) electrons. The minimum Gasteiger partial charge on any atom is -0.370 e. The summed E-state index contributed by atoms with van der Waals surface area (Å²) in [6.45, 7) is 4.33. The highest BCUT2D eigenvalue weighted by Crippen LogP contribution is 2.39. The summed E-state index contributed by atoms with van der Waals surface area (Å²) in [6, 6.07) is 14.9. The first-order chi connectivity index (χ1) is 13.8. The van der Waals surface area contributed by atoms with Gasteiger partial charge in [0.15, 0.2) is 0 Å². The van der Waals surface area contributed by atoms with Crippen molar-refractivity contribution >= 4 is 27.4 Å². The molecule has 1 aliphatic rings. The molecule has 152 valence electrons. The number of hydrogen-bond acceptors (Lipinski definition) is 5. The number of sulfonamides is 1. The molecule has 0 unspecified atom stereocenters. The van der Waals surface area contributed by atoms with E-state index in [9.17, 15) is 18.0 Å². The highest BCUT2D eigenvalue weighted by atomic mass is 32.2. The molecule has 0 saturated heterocycles. The fourth-order valence-electron chi connectivity index (χ4n) is 3.48. The Bertz CT molecular complexity index is 1070. The largest absolute Gasteiger partial charge is 0.370 e. The zero-order valence-electron chi connectivity index (χ0n) is 16.3. The molecule has 2 N–H and O–H groups in total. The molecule has 29 heavy (non-hydrogen) atoms.